The van der Waals surface area contributed by atoms with Gasteiger partial charge in [0, 0.05) is 22.2 Å². The Morgan fingerprint density at radius 3 is 2.63 bits per heavy atom. The van der Waals surface area contributed by atoms with Crippen molar-refractivity contribution in [3.05, 3.63) is 87.7 Å². The van der Waals surface area contributed by atoms with Crippen LogP contribution in [-0.4, -0.2) is 30.8 Å². The molecule has 4 aromatic rings. The van der Waals surface area contributed by atoms with Gasteiger partial charge in [0.25, 0.3) is 5.91 Å². The van der Waals surface area contributed by atoms with E-state index in [4.69, 9.17) is 9.47 Å². The minimum absolute atomic E-state index is 0.310. The van der Waals surface area contributed by atoms with Crippen molar-refractivity contribution in [3.8, 4) is 22.8 Å². The van der Waals surface area contributed by atoms with E-state index in [-0.39, 0.29) is 5.91 Å². The number of nitrogens with zero attached hydrogens (tertiary/aromatic N) is 2. The van der Waals surface area contributed by atoms with E-state index in [1.807, 2.05) is 60.8 Å². The summed E-state index contributed by atoms with van der Waals surface area (Å²) in [6.45, 7) is 2.40. The van der Waals surface area contributed by atoms with Crippen molar-refractivity contribution in [3.63, 3.8) is 0 Å². The maximum absolute atomic E-state index is 12.5. The lowest BCUT2D eigenvalue weighted by atomic mass is 10.1. The van der Waals surface area contributed by atoms with Crippen molar-refractivity contribution in [2.24, 2.45) is 5.10 Å². The standard InChI is InChI=1S/C26H23BrN4O3S/c1-3-34-23-14-17(13-21(27)24(23)33-2)15-28-31-25(32)19-11-9-18(10-12-19)22-16-35-26(30-22)29-20-7-5-4-6-8-20/h4-16H,3H2,1-2H3,(H,29,30)(H,31,32)/b28-15-. The predicted octanol–water partition coefficient (Wildman–Crippen LogP) is 6.49. The third kappa shape index (κ3) is 6.26. The quantitative estimate of drug-likeness (QED) is 0.184. The lowest BCUT2D eigenvalue weighted by molar-refractivity contribution is 0.0955. The number of hydrazone groups is 1. The lowest BCUT2D eigenvalue weighted by Crippen LogP contribution is -2.17. The van der Waals surface area contributed by atoms with Gasteiger partial charge in [-0.3, -0.25) is 4.79 Å². The third-order valence-corrected chi connectivity index (χ3v) is 6.23. The number of aromatic nitrogens is 1. The molecule has 1 aromatic heterocycles. The number of rotatable bonds is 9. The summed E-state index contributed by atoms with van der Waals surface area (Å²) in [5.41, 5.74) is 6.55. The number of hydrogen-bond acceptors (Lipinski definition) is 7. The van der Waals surface area contributed by atoms with Crippen molar-refractivity contribution in [2.75, 3.05) is 19.0 Å². The fraction of sp³-hybridized carbons (Fsp3) is 0.115. The maximum Gasteiger partial charge on any atom is 0.271 e. The second-order valence-corrected chi connectivity index (χ2v) is 8.98. The van der Waals surface area contributed by atoms with Gasteiger partial charge >= 0.3 is 0 Å². The molecule has 0 saturated carbocycles. The van der Waals surface area contributed by atoms with Crippen LogP contribution in [-0.2, 0) is 0 Å². The zero-order chi connectivity index (χ0) is 24.6. The molecule has 7 nitrogen and oxygen atoms in total. The van der Waals surface area contributed by atoms with E-state index in [0.29, 0.717) is 23.7 Å². The molecule has 0 fully saturated rings. The van der Waals surface area contributed by atoms with Gasteiger partial charge in [-0.25, -0.2) is 10.4 Å². The van der Waals surface area contributed by atoms with E-state index < -0.39 is 0 Å². The summed E-state index contributed by atoms with van der Waals surface area (Å²) >= 11 is 4.99. The highest BCUT2D eigenvalue weighted by Crippen LogP contribution is 2.36. The number of amides is 1. The molecule has 2 N–H and O–H groups in total. The summed E-state index contributed by atoms with van der Waals surface area (Å²) in [6.07, 6.45) is 1.55. The molecular formula is C26H23BrN4O3S. The van der Waals surface area contributed by atoms with Crippen molar-refractivity contribution < 1.29 is 14.3 Å². The van der Waals surface area contributed by atoms with E-state index in [1.165, 1.54) is 11.3 Å². The van der Waals surface area contributed by atoms with Gasteiger partial charge in [-0.15, -0.1) is 11.3 Å². The molecule has 0 aliphatic heterocycles. The number of thiazole rings is 1. The number of methoxy groups -OCH3 is 1. The van der Waals surface area contributed by atoms with Crippen LogP contribution in [0.2, 0.25) is 0 Å². The highest BCUT2D eigenvalue weighted by atomic mass is 79.9. The topological polar surface area (TPSA) is 84.8 Å². The SMILES string of the molecule is CCOc1cc(/C=N\NC(=O)c2ccc(-c3csc(Nc4ccccc4)n3)cc2)cc(Br)c1OC. The first kappa shape index (κ1) is 24.4. The largest absolute Gasteiger partial charge is 0.492 e. The number of halogens is 1. The zero-order valence-corrected chi connectivity index (χ0v) is 21.5. The van der Waals surface area contributed by atoms with Gasteiger partial charge in [0.05, 0.1) is 30.1 Å². The molecule has 0 unspecified atom stereocenters. The third-order valence-electron chi connectivity index (χ3n) is 4.89. The molecular weight excluding hydrogens is 528 g/mol. The van der Waals surface area contributed by atoms with Crippen molar-refractivity contribution in [2.45, 2.75) is 6.92 Å². The van der Waals surface area contributed by atoms with Gasteiger partial charge in [-0.2, -0.15) is 5.10 Å². The van der Waals surface area contributed by atoms with E-state index in [1.54, 1.807) is 31.5 Å². The number of benzene rings is 3. The number of hydrogen-bond donors (Lipinski definition) is 2. The first-order chi connectivity index (χ1) is 17.1. The molecule has 4 rings (SSSR count). The average Bonchev–Trinajstić information content (AvgIpc) is 3.33. The van der Waals surface area contributed by atoms with Crippen molar-refractivity contribution in [1.29, 1.82) is 0 Å². The second kappa shape index (κ2) is 11.6. The number of para-hydroxylation sites is 1. The summed E-state index contributed by atoms with van der Waals surface area (Å²) in [4.78, 5) is 17.2. The molecule has 0 atom stereocenters. The van der Waals surface area contributed by atoms with Crippen molar-refractivity contribution in [1.82, 2.24) is 10.4 Å². The molecule has 1 amide bonds. The summed E-state index contributed by atoms with van der Waals surface area (Å²) < 4.78 is 11.7. The maximum atomic E-state index is 12.5. The fourth-order valence-electron chi connectivity index (χ4n) is 3.25. The number of carbonyl (C=O) groups excluding carboxylic acids is 1. The highest BCUT2D eigenvalue weighted by Gasteiger charge is 2.11. The van der Waals surface area contributed by atoms with Gasteiger partial charge in [-0.05, 0) is 64.8 Å². The van der Waals surface area contributed by atoms with Gasteiger partial charge in [-0.1, -0.05) is 30.3 Å². The van der Waals surface area contributed by atoms with Gasteiger partial charge in [0.2, 0.25) is 0 Å². The number of anilines is 2. The Hall–Kier alpha value is -3.69. The van der Waals surface area contributed by atoms with Gasteiger partial charge < -0.3 is 14.8 Å². The Bertz CT molecular complexity index is 1320. The fourth-order valence-corrected chi connectivity index (χ4v) is 4.62. The molecule has 0 bridgehead atoms. The van der Waals surface area contributed by atoms with E-state index in [2.05, 4.69) is 36.8 Å². The number of ether oxygens (including phenoxy) is 2. The minimum atomic E-state index is -0.310. The van der Waals surface area contributed by atoms with Crippen LogP contribution in [0, 0.1) is 0 Å². The minimum Gasteiger partial charge on any atom is -0.492 e. The van der Waals surface area contributed by atoms with Crippen LogP contribution in [0.25, 0.3) is 11.3 Å². The van der Waals surface area contributed by atoms with E-state index in [9.17, 15) is 4.79 Å². The van der Waals surface area contributed by atoms with Crippen LogP contribution in [0.15, 0.2) is 81.7 Å². The first-order valence-electron chi connectivity index (χ1n) is 10.8. The van der Waals surface area contributed by atoms with Crippen molar-refractivity contribution >= 4 is 50.2 Å². The van der Waals surface area contributed by atoms with E-state index >= 15 is 0 Å². The predicted molar refractivity (Wildman–Crippen MR) is 144 cm³/mol. The molecule has 35 heavy (non-hydrogen) atoms. The summed E-state index contributed by atoms with van der Waals surface area (Å²) in [7, 11) is 1.58. The molecule has 9 heteroatoms. The van der Waals surface area contributed by atoms with Crippen LogP contribution in [0.1, 0.15) is 22.8 Å². The van der Waals surface area contributed by atoms with E-state index in [0.717, 1.165) is 32.1 Å². The molecule has 3 aromatic carbocycles. The zero-order valence-electron chi connectivity index (χ0n) is 19.1. The normalized spacial score (nSPS) is 10.8. The van der Waals surface area contributed by atoms with Crippen LogP contribution in [0.4, 0.5) is 10.8 Å². The molecule has 0 aliphatic rings. The Kier molecular flexibility index (Phi) is 8.12. The molecule has 0 spiro atoms. The van der Waals surface area contributed by atoms with Crippen LogP contribution in [0.3, 0.4) is 0 Å². The van der Waals surface area contributed by atoms with Crippen LogP contribution < -0.4 is 20.2 Å². The average molecular weight is 551 g/mol. The Morgan fingerprint density at radius 1 is 1.14 bits per heavy atom. The second-order valence-electron chi connectivity index (χ2n) is 7.27. The molecule has 0 aliphatic carbocycles. The number of carbonyl (C=O) groups is 1. The first-order valence-corrected chi connectivity index (χ1v) is 12.5. The summed E-state index contributed by atoms with van der Waals surface area (Å²) in [5.74, 6) is 0.892. The van der Waals surface area contributed by atoms with Crippen LogP contribution >= 0.6 is 27.3 Å². The smallest absolute Gasteiger partial charge is 0.271 e. The van der Waals surface area contributed by atoms with Crippen LogP contribution in [0.5, 0.6) is 11.5 Å². The summed E-state index contributed by atoms with van der Waals surface area (Å²) in [6, 6.07) is 20.8. The molecule has 0 radical (unpaired) electrons. The lowest BCUT2D eigenvalue weighted by Gasteiger charge is -2.11. The monoisotopic (exact) mass is 550 g/mol. The molecule has 1 heterocycles. The van der Waals surface area contributed by atoms with Gasteiger partial charge in [0.1, 0.15) is 0 Å². The molecule has 0 saturated heterocycles. The van der Waals surface area contributed by atoms with Gasteiger partial charge in [0.15, 0.2) is 16.6 Å². The Morgan fingerprint density at radius 2 is 1.91 bits per heavy atom. The highest BCUT2D eigenvalue weighted by molar-refractivity contribution is 9.10. The Balaban J connectivity index is 1.39. The Labute approximate surface area is 216 Å². The number of nitrogens with one attached hydrogen (secondary N) is 2. The summed E-state index contributed by atoms with van der Waals surface area (Å²) in [5, 5.41) is 10.2. The molecule has 178 valence electrons.